The number of nitrogens with two attached hydrogens (primary N) is 1. The standard InChI is InChI=1S/C28H32N4O4.C2HF3O2/c1-18-21(22-15-20(36-2)13-14-23(22)30-18)16-26(33)31-24(11-7-4-8-12-27(34)35)28-29-17-25(32-28)19-9-5-3-6-10-19;3-2(4,5)1(6)7/h3,5-6,9-10,13-15,17,24,30H,4,7-8,11-12,16H2,1-2H3,(H,29,32)(H,31,33)(H,34,35);(H,6,7)/t24-;/m0./s1. The summed E-state index contributed by atoms with van der Waals surface area (Å²) in [7, 11) is 1.63. The molecule has 13 heteroatoms. The van der Waals surface area contributed by atoms with Crippen molar-refractivity contribution in [2.24, 2.45) is 4.99 Å². The Hall–Kier alpha value is -4.65. The highest BCUT2D eigenvalue weighted by Crippen LogP contribution is 2.27. The van der Waals surface area contributed by atoms with Gasteiger partial charge in [-0.15, -0.1) is 0 Å². The first-order valence-corrected chi connectivity index (χ1v) is 13.5. The number of rotatable bonds is 12. The Bertz CT molecular complexity index is 1500. The number of methoxy groups -OCH3 is 1. The molecular formula is C30H33F3N4O6. The molecule has 0 bridgehead atoms. The molecule has 1 amide bonds. The first kappa shape index (κ1) is 32.9. The lowest BCUT2D eigenvalue weighted by molar-refractivity contribution is -0.434. The molecule has 3 aromatic rings. The number of aliphatic carboxylic acids is 2. The van der Waals surface area contributed by atoms with Gasteiger partial charge in [-0.3, -0.25) is 14.9 Å². The van der Waals surface area contributed by atoms with E-state index in [2.05, 4.69) is 15.3 Å². The Balaban J connectivity index is 0.000000646. The Morgan fingerprint density at radius 1 is 1.12 bits per heavy atom. The fourth-order valence-corrected chi connectivity index (χ4v) is 4.57. The van der Waals surface area contributed by atoms with E-state index in [0.29, 0.717) is 12.8 Å². The van der Waals surface area contributed by atoms with Crippen LogP contribution < -0.4 is 20.5 Å². The van der Waals surface area contributed by atoms with Gasteiger partial charge in [0.15, 0.2) is 5.70 Å². The summed E-state index contributed by atoms with van der Waals surface area (Å²) in [5, 5.41) is 23.9. The molecule has 5 N–H and O–H groups in total. The van der Waals surface area contributed by atoms with E-state index in [0.717, 1.165) is 57.8 Å². The van der Waals surface area contributed by atoms with Crippen LogP contribution in [0.3, 0.4) is 0 Å². The average Bonchev–Trinajstić information content (AvgIpc) is 3.57. The number of nitrogens with one attached hydrogen (secondary N) is 2. The summed E-state index contributed by atoms with van der Waals surface area (Å²) in [6.07, 6.45) is -0.0626. The zero-order valence-corrected chi connectivity index (χ0v) is 23.7. The van der Waals surface area contributed by atoms with Gasteiger partial charge in [0.25, 0.3) is 0 Å². The maximum Gasteiger partial charge on any atom is 0.430 e. The number of quaternary nitrogens is 1. The molecule has 0 fully saturated rings. The van der Waals surface area contributed by atoms with Crippen molar-refractivity contribution < 1.29 is 47.8 Å². The van der Waals surface area contributed by atoms with Crippen molar-refractivity contribution in [3.63, 3.8) is 0 Å². The number of fused-ring (bicyclic) bond motifs is 1. The number of hydrogen-bond donors (Lipinski definition) is 4. The molecule has 2 heterocycles. The van der Waals surface area contributed by atoms with E-state index in [4.69, 9.17) is 19.7 Å². The first-order valence-electron chi connectivity index (χ1n) is 13.5. The van der Waals surface area contributed by atoms with Crippen molar-refractivity contribution in [2.75, 3.05) is 7.11 Å². The molecule has 1 atom stereocenters. The summed E-state index contributed by atoms with van der Waals surface area (Å²) in [4.78, 5) is 40.8. The maximum absolute atomic E-state index is 13.2. The molecule has 4 rings (SSSR count). The number of aryl methyl sites for hydroxylation is 1. The normalized spacial score (nSPS) is 13.4. The van der Waals surface area contributed by atoms with Gasteiger partial charge in [-0.1, -0.05) is 31.0 Å². The molecular weight excluding hydrogens is 569 g/mol. The van der Waals surface area contributed by atoms with Crippen LogP contribution in [0, 0.1) is 6.92 Å². The average molecular weight is 603 g/mol. The van der Waals surface area contributed by atoms with Gasteiger partial charge >= 0.3 is 12.1 Å². The molecule has 2 aromatic carbocycles. The molecule has 10 nitrogen and oxygen atoms in total. The largest absolute Gasteiger partial charge is 0.542 e. The Morgan fingerprint density at radius 3 is 2.44 bits per heavy atom. The zero-order valence-electron chi connectivity index (χ0n) is 23.7. The molecule has 0 radical (unpaired) electrons. The fraction of sp³-hybridized carbons (Fsp3) is 0.333. The zero-order chi connectivity index (χ0) is 31.6. The molecule has 0 spiro atoms. The SMILES string of the molecule is COc1ccc2[nH]c(C)c(CC(=O)N[C@@H](CCCCCC(=O)O)C3=NC=C(c4ccccc4)[NH2+]3)c2c1.O=C([O-])C(F)(F)F. The molecule has 0 saturated carbocycles. The lowest BCUT2D eigenvalue weighted by Crippen LogP contribution is -2.87. The van der Waals surface area contributed by atoms with E-state index in [9.17, 15) is 22.8 Å². The van der Waals surface area contributed by atoms with E-state index in [-0.39, 0.29) is 24.8 Å². The van der Waals surface area contributed by atoms with Crippen molar-refractivity contribution >= 4 is 40.3 Å². The van der Waals surface area contributed by atoms with Gasteiger partial charge in [0.1, 0.15) is 17.8 Å². The smallest absolute Gasteiger partial charge is 0.430 e. The number of halogens is 3. The van der Waals surface area contributed by atoms with Crippen LogP contribution in [-0.4, -0.2) is 53.1 Å². The number of unbranched alkanes of at least 4 members (excludes halogenated alkanes) is 2. The summed E-state index contributed by atoms with van der Waals surface area (Å²) in [5.74, 6) is -2.31. The van der Waals surface area contributed by atoms with Gasteiger partial charge in [-0.25, -0.2) is 4.99 Å². The van der Waals surface area contributed by atoms with Gasteiger partial charge in [0.05, 0.1) is 19.7 Å². The summed E-state index contributed by atoms with van der Waals surface area (Å²) >= 11 is 0. The van der Waals surface area contributed by atoms with Gasteiger partial charge in [-0.05, 0) is 55.7 Å². The Kier molecular flexibility index (Phi) is 11.5. The number of carboxylic acids is 2. The maximum atomic E-state index is 13.2. The van der Waals surface area contributed by atoms with Crippen LogP contribution in [0.4, 0.5) is 13.2 Å². The first-order chi connectivity index (χ1) is 20.4. The number of carbonyl (C=O) groups is 3. The van der Waals surface area contributed by atoms with Crippen LogP contribution in [0.25, 0.3) is 16.6 Å². The van der Waals surface area contributed by atoms with Crippen molar-refractivity contribution in [3.05, 3.63) is 71.6 Å². The number of amidine groups is 1. The van der Waals surface area contributed by atoms with E-state index < -0.39 is 18.1 Å². The second-order valence-electron chi connectivity index (χ2n) is 9.86. The fourth-order valence-electron chi connectivity index (χ4n) is 4.57. The van der Waals surface area contributed by atoms with E-state index in [1.807, 2.05) is 67.0 Å². The number of amides is 1. The molecule has 230 valence electrons. The number of nitrogens with zero attached hydrogens (tertiary/aromatic N) is 1. The third-order valence-electron chi connectivity index (χ3n) is 6.73. The highest BCUT2D eigenvalue weighted by Gasteiger charge is 2.29. The summed E-state index contributed by atoms with van der Waals surface area (Å²) in [6.45, 7) is 1.97. The number of aliphatic imine (C=N–C) groups is 1. The van der Waals surface area contributed by atoms with E-state index in [1.54, 1.807) is 7.11 Å². The third kappa shape index (κ3) is 9.70. The molecule has 43 heavy (non-hydrogen) atoms. The van der Waals surface area contributed by atoms with Gasteiger partial charge in [0.2, 0.25) is 11.7 Å². The topological polar surface area (TPSA) is 161 Å². The van der Waals surface area contributed by atoms with Crippen molar-refractivity contribution in [1.29, 1.82) is 0 Å². The highest BCUT2D eigenvalue weighted by atomic mass is 19.4. The number of hydrogen-bond acceptors (Lipinski definition) is 6. The summed E-state index contributed by atoms with van der Waals surface area (Å²) in [5.41, 5.74) is 4.95. The Morgan fingerprint density at radius 2 is 1.81 bits per heavy atom. The number of carbonyl (C=O) groups excluding carboxylic acids is 2. The summed E-state index contributed by atoms with van der Waals surface area (Å²) < 4.78 is 36.9. The lowest BCUT2D eigenvalue weighted by atomic mass is 10.0. The van der Waals surface area contributed by atoms with Gasteiger partial charge in [0, 0.05) is 28.6 Å². The van der Waals surface area contributed by atoms with Crippen LogP contribution >= 0.6 is 0 Å². The molecule has 1 aromatic heterocycles. The van der Waals surface area contributed by atoms with Crippen LogP contribution in [0.15, 0.2) is 59.7 Å². The quantitative estimate of drug-likeness (QED) is 0.233. The number of aromatic amines is 1. The van der Waals surface area contributed by atoms with Crippen molar-refractivity contribution in [3.8, 4) is 5.75 Å². The predicted octanol–water partition coefficient (Wildman–Crippen LogP) is 2.82. The second kappa shape index (κ2) is 15.0. The van der Waals surface area contributed by atoms with Crippen LogP contribution in [0.1, 0.15) is 48.9 Å². The van der Waals surface area contributed by atoms with Gasteiger partial charge < -0.3 is 30.0 Å². The minimum absolute atomic E-state index is 0.0818. The highest BCUT2D eigenvalue weighted by molar-refractivity contribution is 5.94. The number of benzene rings is 2. The van der Waals surface area contributed by atoms with Crippen molar-refractivity contribution in [2.45, 2.75) is 57.7 Å². The summed E-state index contributed by atoms with van der Waals surface area (Å²) in [6, 6.07) is 15.6. The van der Waals surface area contributed by atoms with Gasteiger partial charge in [-0.2, -0.15) is 13.2 Å². The van der Waals surface area contributed by atoms with Crippen LogP contribution in [0.2, 0.25) is 0 Å². The Labute approximate surface area is 245 Å². The molecule has 1 aliphatic rings. The molecule has 0 aliphatic carbocycles. The number of alkyl halides is 3. The lowest BCUT2D eigenvalue weighted by Gasteiger charge is -2.17. The van der Waals surface area contributed by atoms with Crippen LogP contribution in [0.5, 0.6) is 5.75 Å². The number of H-pyrrole nitrogens is 1. The monoisotopic (exact) mass is 602 g/mol. The molecule has 0 unspecified atom stereocenters. The van der Waals surface area contributed by atoms with Crippen LogP contribution in [-0.2, 0) is 20.8 Å². The number of carboxylic acid groups (broad SMARTS) is 2. The molecule has 1 aliphatic heterocycles. The molecule has 0 saturated heterocycles. The third-order valence-corrected chi connectivity index (χ3v) is 6.73. The van der Waals surface area contributed by atoms with E-state index in [1.165, 1.54) is 0 Å². The second-order valence-corrected chi connectivity index (χ2v) is 9.86. The number of ether oxygens (including phenoxy) is 1. The minimum Gasteiger partial charge on any atom is -0.542 e. The predicted molar refractivity (Wildman–Crippen MR) is 151 cm³/mol. The van der Waals surface area contributed by atoms with E-state index >= 15 is 0 Å². The number of aromatic nitrogens is 1. The van der Waals surface area contributed by atoms with Crippen molar-refractivity contribution in [1.82, 2.24) is 10.3 Å². The minimum atomic E-state index is -5.19.